The lowest BCUT2D eigenvalue weighted by atomic mass is 9.91. The number of hydrogen-bond donors (Lipinski definition) is 1. The van der Waals surface area contributed by atoms with Gasteiger partial charge in [-0.2, -0.15) is 0 Å². The number of nitro benzene ring substituents is 1. The molecule has 25 heavy (non-hydrogen) atoms. The van der Waals surface area contributed by atoms with Crippen LogP contribution in [0.25, 0.3) is 0 Å². The smallest absolute Gasteiger partial charge is 0.269 e. The largest absolute Gasteiger partial charge is 0.352 e. The molecule has 132 valence electrons. The molecule has 0 aliphatic heterocycles. The van der Waals surface area contributed by atoms with Gasteiger partial charge >= 0.3 is 0 Å². The molecule has 1 unspecified atom stereocenters. The first kappa shape index (κ1) is 18.6. The molecular weight excluding hydrogens is 323 g/mol. The minimum absolute atomic E-state index is 0.0226. The summed E-state index contributed by atoms with van der Waals surface area (Å²) in [5.74, 6) is -0.342. The Labute approximate surface area is 146 Å². The maximum absolute atomic E-state index is 13.1. The van der Waals surface area contributed by atoms with Gasteiger partial charge in [-0.3, -0.25) is 14.9 Å². The number of carbonyl (C=O) groups excluding carboxylic acids is 1. The summed E-state index contributed by atoms with van der Waals surface area (Å²) in [7, 11) is 0. The summed E-state index contributed by atoms with van der Waals surface area (Å²) in [6.07, 6.45) is 2.10. The molecule has 0 fully saturated rings. The molecule has 0 heterocycles. The van der Waals surface area contributed by atoms with Gasteiger partial charge < -0.3 is 5.32 Å². The van der Waals surface area contributed by atoms with Crippen molar-refractivity contribution < 1.29 is 14.1 Å². The van der Waals surface area contributed by atoms with E-state index in [1.165, 1.54) is 24.3 Å². The molecule has 0 aromatic heterocycles. The molecule has 2 aromatic carbocycles. The van der Waals surface area contributed by atoms with E-state index in [2.05, 4.69) is 5.32 Å². The lowest BCUT2D eigenvalue weighted by Crippen LogP contribution is -2.24. The van der Waals surface area contributed by atoms with Crippen LogP contribution in [0.1, 0.15) is 43.2 Å². The first-order chi connectivity index (χ1) is 12.0. The van der Waals surface area contributed by atoms with Gasteiger partial charge in [0, 0.05) is 25.1 Å². The lowest BCUT2D eigenvalue weighted by Gasteiger charge is -2.16. The predicted octanol–water partition coefficient (Wildman–Crippen LogP) is 4.32. The second kappa shape index (κ2) is 8.92. The van der Waals surface area contributed by atoms with Crippen molar-refractivity contribution >= 4 is 11.6 Å². The average Bonchev–Trinajstić information content (AvgIpc) is 2.60. The monoisotopic (exact) mass is 344 g/mol. The molecule has 1 atom stereocenters. The zero-order valence-electron chi connectivity index (χ0n) is 14.1. The Morgan fingerprint density at radius 3 is 2.36 bits per heavy atom. The van der Waals surface area contributed by atoms with E-state index in [0.717, 1.165) is 24.0 Å². The summed E-state index contributed by atoms with van der Waals surface area (Å²) >= 11 is 0. The standard InChI is InChI=1S/C19H21FN2O3/c1-2-3-16(15-6-8-17(20)9-7-15)12-19(23)21-13-14-4-10-18(11-5-14)22(24)25/h4-11,16H,2-3,12-13H2,1H3,(H,21,23). The number of carbonyl (C=O) groups is 1. The number of nitrogens with one attached hydrogen (secondary N) is 1. The molecule has 0 saturated carbocycles. The van der Waals surface area contributed by atoms with E-state index in [-0.39, 0.29) is 23.3 Å². The Kier molecular flexibility index (Phi) is 6.62. The highest BCUT2D eigenvalue weighted by atomic mass is 19.1. The molecule has 0 spiro atoms. The van der Waals surface area contributed by atoms with E-state index in [0.29, 0.717) is 13.0 Å². The fourth-order valence-electron chi connectivity index (χ4n) is 2.70. The van der Waals surface area contributed by atoms with Gasteiger partial charge in [0.2, 0.25) is 5.91 Å². The molecule has 5 nitrogen and oxygen atoms in total. The molecule has 0 aliphatic rings. The molecule has 0 saturated heterocycles. The van der Waals surface area contributed by atoms with Crippen molar-refractivity contribution in [2.45, 2.75) is 38.6 Å². The van der Waals surface area contributed by atoms with Crippen LogP contribution in [-0.4, -0.2) is 10.8 Å². The SMILES string of the molecule is CCCC(CC(=O)NCc1ccc([N+](=O)[O-])cc1)c1ccc(F)cc1. The maximum atomic E-state index is 13.1. The van der Waals surface area contributed by atoms with Gasteiger partial charge in [0.1, 0.15) is 5.82 Å². The van der Waals surface area contributed by atoms with Gasteiger partial charge in [-0.1, -0.05) is 37.6 Å². The zero-order valence-corrected chi connectivity index (χ0v) is 14.1. The van der Waals surface area contributed by atoms with E-state index >= 15 is 0 Å². The van der Waals surface area contributed by atoms with Crippen molar-refractivity contribution in [3.05, 3.63) is 75.6 Å². The number of benzene rings is 2. The van der Waals surface area contributed by atoms with Crippen LogP contribution >= 0.6 is 0 Å². The van der Waals surface area contributed by atoms with Crippen LogP contribution in [0.4, 0.5) is 10.1 Å². The fourth-order valence-corrected chi connectivity index (χ4v) is 2.70. The molecule has 1 amide bonds. The highest BCUT2D eigenvalue weighted by Gasteiger charge is 2.15. The molecule has 2 rings (SSSR count). The normalized spacial score (nSPS) is 11.8. The molecule has 0 aliphatic carbocycles. The summed E-state index contributed by atoms with van der Waals surface area (Å²) in [6.45, 7) is 2.37. The van der Waals surface area contributed by atoms with Gasteiger partial charge in [-0.15, -0.1) is 0 Å². The number of rotatable bonds is 8. The van der Waals surface area contributed by atoms with Crippen LogP contribution in [0.5, 0.6) is 0 Å². The summed E-state index contributed by atoms with van der Waals surface area (Å²) in [6, 6.07) is 12.3. The fraction of sp³-hybridized carbons (Fsp3) is 0.316. The minimum atomic E-state index is -0.458. The average molecular weight is 344 g/mol. The second-order valence-electron chi connectivity index (χ2n) is 5.94. The van der Waals surface area contributed by atoms with Crippen molar-refractivity contribution in [1.29, 1.82) is 0 Å². The topological polar surface area (TPSA) is 72.2 Å². The Hall–Kier alpha value is -2.76. The third kappa shape index (κ3) is 5.67. The van der Waals surface area contributed by atoms with Crippen molar-refractivity contribution in [3.63, 3.8) is 0 Å². The molecule has 1 N–H and O–H groups in total. The molecule has 2 aromatic rings. The number of non-ortho nitro benzene ring substituents is 1. The van der Waals surface area contributed by atoms with E-state index in [1.54, 1.807) is 24.3 Å². The van der Waals surface area contributed by atoms with Crippen LogP contribution in [-0.2, 0) is 11.3 Å². The van der Waals surface area contributed by atoms with Gasteiger partial charge in [0.05, 0.1) is 4.92 Å². The first-order valence-electron chi connectivity index (χ1n) is 8.25. The van der Waals surface area contributed by atoms with Crippen molar-refractivity contribution in [3.8, 4) is 0 Å². The van der Waals surface area contributed by atoms with Gasteiger partial charge in [-0.05, 0) is 35.6 Å². The lowest BCUT2D eigenvalue weighted by molar-refractivity contribution is -0.384. The number of hydrogen-bond acceptors (Lipinski definition) is 3. The molecule has 0 bridgehead atoms. The third-order valence-electron chi connectivity index (χ3n) is 4.05. The van der Waals surface area contributed by atoms with Crippen LogP contribution in [0.2, 0.25) is 0 Å². The summed E-state index contributed by atoms with van der Waals surface area (Å²) in [5.41, 5.74) is 1.77. The Morgan fingerprint density at radius 1 is 1.16 bits per heavy atom. The molecule has 0 radical (unpaired) electrons. The minimum Gasteiger partial charge on any atom is -0.352 e. The summed E-state index contributed by atoms with van der Waals surface area (Å²) in [4.78, 5) is 22.4. The second-order valence-corrected chi connectivity index (χ2v) is 5.94. The van der Waals surface area contributed by atoms with Crippen LogP contribution in [0.3, 0.4) is 0 Å². The quantitative estimate of drug-likeness (QED) is 0.572. The summed E-state index contributed by atoms with van der Waals surface area (Å²) in [5, 5.41) is 13.5. The first-order valence-corrected chi connectivity index (χ1v) is 8.25. The van der Waals surface area contributed by atoms with Crippen molar-refractivity contribution in [1.82, 2.24) is 5.32 Å². The van der Waals surface area contributed by atoms with E-state index in [1.807, 2.05) is 6.92 Å². The number of nitrogens with zero attached hydrogens (tertiary/aromatic N) is 1. The van der Waals surface area contributed by atoms with Gasteiger partial charge in [0.25, 0.3) is 5.69 Å². The molecular formula is C19H21FN2O3. The van der Waals surface area contributed by atoms with Crippen LogP contribution in [0, 0.1) is 15.9 Å². The highest BCUT2D eigenvalue weighted by molar-refractivity contribution is 5.76. The number of halogens is 1. The maximum Gasteiger partial charge on any atom is 0.269 e. The van der Waals surface area contributed by atoms with Crippen molar-refractivity contribution in [2.75, 3.05) is 0 Å². The van der Waals surface area contributed by atoms with Gasteiger partial charge in [0.15, 0.2) is 0 Å². The Balaban J connectivity index is 1.92. The number of amides is 1. The predicted molar refractivity (Wildman–Crippen MR) is 93.6 cm³/mol. The third-order valence-corrected chi connectivity index (χ3v) is 4.05. The summed E-state index contributed by atoms with van der Waals surface area (Å²) < 4.78 is 13.1. The van der Waals surface area contributed by atoms with E-state index < -0.39 is 4.92 Å². The van der Waals surface area contributed by atoms with Crippen molar-refractivity contribution in [2.24, 2.45) is 0 Å². The zero-order chi connectivity index (χ0) is 18.2. The van der Waals surface area contributed by atoms with Crippen LogP contribution < -0.4 is 5.32 Å². The van der Waals surface area contributed by atoms with Crippen LogP contribution in [0.15, 0.2) is 48.5 Å². The Bertz CT molecular complexity index is 714. The van der Waals surface area contributed by atoms with Gasteiger partial charge in [-0.25, -0.2) is 4.39 Å². The molecule has 6 heteroatoms. The van der Waals surface area contributed by atoms with E-state index in [4.69, 9.17) is 0 Å². The number of nitro groups is 1. The van der Waals surface area contributed by atoms with E-state index in [9.17, 15) is 19.3 Å². The highest BCUT2D eigenvalue weighted by Crippen LogP contribution is 2.25. The Morgan fingerprint density at radius 2 is 1.80 bits per heavy atom.